The number of hydrogen-bond acceptors (Lipinski definition) is 5. The van der Waals surface area contributed by atoms with Gasteiger partial charge < -0.3 is 15.4 Å². The van der Waals surface area contributed by atoms with Crippen LogP contribution in [0.25, 0.3) is 0 Å². The van der Waals surface area contributed by atoms with E-state index in [0.717, 1.165) is 31.5 Å². The zero-order valence-corrected chi connectivity index (χ0v) is 12.9. The van der Waals surface area contributed by atoms with Gasteiger partial charge in [-0.05, 0) is 46.5 Å². The summed E-state index contributed by atoms with van der Waals surface area (Å²) in [5, 5.41) is 6.32. The third-order valence-electron chi connectivity index (χ3n) is 3.36. The molecule has 1 saturated carbocycles. The first kappa shape index (κ1) is 15.5. The van der Waals surface area contributed by atoms with Crippen molar-refractivity contribution in [2.24, 2.45) is 0 Å². The Kier molecular flexibility index (Phi) is 4.98. The summed E-state index contributed by atoms with van der Waals surface area (Å²) in [6.45, 7) is 5.61. The highest BCUT2D eigenvalue weighted by molar-refractivity contribution is 5.68. The van der Waals surface area contributed by atoms with Gasteiger partial charge in [0.2, 0.25) is 0 Å². The average Bonchev–Trinajstić information content (AvgIpc) is 2.40. The van der Waals surface area contributed by atoms with Crippen LogP contribution >= 0.6 is 0 Å². The molecule has 2 N–H and O–H groups in total. The molecule has 1 aliphatic rings. The summed E-state index contributed by atoms with van der Waals surface area (Å²) in [6, 6.07) is 0.582. The van der Waals surface area contributed by atoms with Crippen LogP contribution in [0, 0.1) is 0 Å². The van der Waals surface area contributed by atoms with E-state index in [-0.39, 0.29) is 12.1 Å². The summed E-state index contributed by atoms with van der Waals surface area (Å²) < 4.78 is 5.28. The van der Waals surface area contributed by atoms with Crippen LogP contribution in [0.4, 0.5) is 10.6 Å². The molecule has 0 radical (unpaired) electrons. The topological polar surface area (TPSA) is 76.1 Å². The van der Waals surface area contributed by atoms with Crippen molar-refractivity contribution >= 4 is 11.9 Å². The van der Waals surface area contributed by atoms with Crippen molar-refractivity contribution in [1.29, 1.82) is 0 Å². The molecule has 0 saturated heterocycles. The van der Waals surface area contributed by atoms with Gasteiger partial charge in [-0.1, -0.05) is 0 Å². The molecule has 0 spiro atoms. The molecule has 1 aromatic rings. The van der Waals surface area contributed by atoms with Crippen LogP contribution in [0.15, 0.2) is 18.6 Å². The van der Waals surface area contributed by atoms with E-state index in [9.17, 15) is 4.79 Å². The summed E-state index contributed by atoms with van der Waals surface area (Å²) in [7, 11) is 0. The fourth-order valence-corrected chi connectivity index (χ4v) is 2.44. The van der Waals surface area contributed by atoms with E-state index in [1.165, 1.54) is 0 Å². The number of nitrogens with zero attached hydrogens (tertiary/aromatic N) is 2. The van der Waals surface area contributed by atoms with E-state index >= 15 is 0 Å². The van der Waals surface area contributed by atoms with Crippen molar-refractivity contribution in [1.82, 2.24) is 15.3 Å². The second-order valence-electron chi connectivity index (χ2n) is 6.43. The molecule has 0 aliphatic heterocycles. The number of aromatic nitrogens is 2. The van der Waals surface area contributed by atoms with Crippen LogP contribution in [0.5, 0.6) is 0 Å². The molecule has 1 fully saturated rings. The highest BCUT2D eigenvalue weighted by Crippen LogP contribution is 2.21. The predicted molar refractivity (Wildman–Crippen MR) is 81.1 cm³/mol. The van der Waals surface area contributed by atoms with Crippen molar-refractivity contribution in [3.05, 3.63) is 18.6 Å². The largest absolute Gasteiger partial charge is 0.444 e. The lowest BCUT2D eigenvalue weighted by atomic mass is 9.91. The zero-order valence-electron chi connectivity index (χ0n) is 12.9. The number of amides is 1. The van der Waals surface area contributed by atoms with Gasteiger partial charge in [0.05, 0.1) is 6.20 Å². The summed E-state index contributed by atoms with van der Waals surface area (Å²) in [5.41, 5.74) is -0.450. The number of anilines is 1. The van der Waals surface area contributed by atoms with Gasteiger partial charge in [0.15, 0.2) is 0 Å². The minimum Gasteiger partial charge on any atom is -0.444 e. The summed E-state index contributed by atoms with van der Waals surface area (Å²) in [5.74, 6) is 0.807. The van der Waals surface area contributed by atoms with E-state index in [1.807, 2.05) is 20.8 Å². The first-order chi connectivity index (χ1) is 9.92. The Morgan fingerprint density at radius 2 is 1.86 bits per heavy atom. The third-order valence-corrected chi connectivity index (χ3v) is 3.36. The van der Waals surface area contributed by atoms with Gasteiger partial charge in [0, 0.05) is 24.5 Å². The van der Waals surface area contributed by atoms with Crippen LogP contribution in [-0.2, 0) is 4.74 Å². The molecule has 1 aliphatic carbocycles. The maximum Gasteiger partial charge on any atom is 0.407 e. The maximum atomic E-state index is 11.7. The number of carbonyl (C=O) groups excluding carboxylic acids is 1. The van der Waals surface area contributed by atoms with Gasteiger partial charge >= 0.3 is 6.09 Å². The molecule has 1 aromatic heterocycles. The van der Waals surface area contributed by atoms with E-state index in [0.29, 0.717) is 6.04 Å². The smallest absolute Gasteiger partial charge is 0.407 e. The van der Waals surface area contributed by atoms with Gasteiger partial charge in [0.25, 0.3) is 0 Å². The van der Waals surface area contributed by atoms with Gasteiger partial charge in [-0.3, -0.25) is 4.98 Å². The number of alkyl carbamates (subject to hydrolysis) is 1. The number of rotatable bonds is 3. The molecule has 1 heterocycles. The van der Waals surface area contributed by atoms with Crippen LogP contribution in [0.2, 0.25) is 0 Å². The minimum atomic E-state index is -0.450. The van der Waals surface area contributed by atoms with Crippen molar-refractivity contribution in [3.8, 4) is 0 Å². The van der Waals surface area contributed by atoms with Crippen molar-refractivity contribution in [2.75, 3.05) is 5.32 Å². The molecule has 0 atom stereocenters. The third kappa shape index (κ3) is 5.57. The highest BCUT2D eigenvalue weighted by atomic mass is 16.6. The Bertz CT molecular complexity index is 450. The summed E-state index contributed by atoms with van der Waals surface area (Å²) >= 11 is 0. The second-order valence-corrected chi connectivity index (χ2v) is 6.43. The number of ether oxygens (including phenoxy) is 1. The molecular formula is C15H24N4O2. The van der Waals surface area contributed by atoms with Gasteiger partial charge in [0.1, 0.15) is 11.4 Å². The SMILES string of the molecule is CC(C)(C)OC(=O)NC1CCC(Nc2cnccn2)CC1. The van der Waals surface area contributed by atoms with Crippen molar-refractivity contribution < 1.29 is 9.53 Å². The molecule has 0 unspecified atom stereocenters. The highest BCUT2D eigenvalue weighted by Gasteiger charge is 2.24. The van der Waals surface area contributed by atoms with Crippen LogP contribution in [0.3, 0.4) is 0 Å². The Morgan fingerprint density at radius 1 is 1.19 bits per heavy atom. The maximum absolute atomic E-state index is 11.7. The number of hydrogen-bond donors (Lipinski definition) is 2. The van der Waals surface area contributed by atoms with Gasteiger partial charge in [-0.25, -0.2) is 9.78 Å². The normalized spacial score (nSPS) is 22.4. The fourth-order valence-electron chi connectivity index (χ4n) is 2.44. The quantitative estimate of drug-likeness (QED) is 0.896. The predicted octanol–water partition coefficient (Wildman–Crippen LogP) is 2.72. The first-order valence-corrected chi connectivity index (χ1v) is 7.44. The standard InChI is InChI=1S/C15H24N4O2/c1-15(2,3)21-14(20)19-12-6-4-11(5-7-12)18-13-10-16-8-9-17-13/h8-12H,4-7H2,1-3H3,(H,17,18)(H,19,20). The second kappa shape index (κ2) is 6.74. The van der Waals surface area contributed by atoms with Crippen LogP contribution in [-0.4, -0.2) is 33.7 Å². The molecule has 21 heavy (non-hydrogen) atoms. The van der Waals surface area contributed by atoms with Crippen LogP contribution in [0.1, 0.15) is 46.5 Å². The Labute approximate surface area is 125 Å². The molecule has 6 nitrogen and oxygen atoms in total. The van der Waals surface area contributed by atoms with E-state index in [2.05, 4.69) is 20.6 Å². The van der Waals surface area contributed by atoms with Gasteiger partial charge in [-0.2, -0.15) is 0 Å². The Morgan fingerprint density at radius 3 is 2.43 bits per heavy atom. The lowest BCUT2D eigenvalue weighted by molar-refractivity contribution is 0.0492. The van der Waals surface area contributed by atoms with Crippen molar-refractivity contribution in [2.45, 2.75) is 64.1 Å². The summed E-state index contributed by atoms with van der Waals surface area (Å²) in [4.78, 5) is 20.0. The minimum absolute atomic E-state index is 0.194. The number of carbonyl (C=O) groups is 1. The monoisotopic (exact) mass is 292 g/mol. The fraction of sp³-hybridized carbons (Fsp3) is 0.667. The Hall–Kier alpha value is -1.85. The molecule has 2 rings (SSSR count). The lowest BCUT2D eigenvalue weighted by Crippen LogP contribution is -2.42. The van der Waals surface area contributed by atoms with Gasteiger partial charge in [-0.15, -0.1) is 0 Å². The van der Waals surface area contributed by atoms with E-state index < -0.39 is 5.60 Å². The molecule has 1 amide bonds. The zero-order chi connectivity index (χ0) is 15.3. The first-order valence-electron chi connectivity index (χ1n) is 7.44. The molecule has 116 valence electrons. The molecule has 6 heteroatoms. The van der Waals surface area contributed by atoms with Crippen molar-refractivity contribution in [3.63, 3.8) is 0 Å². The Balaban J connectivity index is 1.72. The molecule has 0 aromatic carbocycles. The van der Waals surface area contributed by atoms with E-state index in [4.69, 9.17) is 4.74 Å². The van der Waals surface area contributed by atoms with Crippen LogP contribution < -0.4 is 10.6 Å². The molecular weight excluding hydrogens is 268 g/mol. The van der Waals surface area contributed by atoms with E-state index in [1.54, 1.807) is 18.6 Å². The number of nitrogens with one attached hydrogen (secondary N) is 2. The molecule has 0 bridgehead atoms. The average molecular weight is 292 g/mol. The summed E-state index contributed by atoms with van der Waals surface area (Å²) in [6.07, 6.45) is 8.62. The lowest BCUT2D eigenvalue weighted by Gasteiger charge is -2.30.